The van der Waals surface area contributed by atoms with Crippen molar-refractivity contribution in [3.63, 3.8) is 0 Å². The lowest BCUT2D eigenvalue weighted by molar-refractivity contribution is -0.140. The van der Waals surface area contributed by atoms with Gasteiger partial charge in [0, 0.05) is 24.5 Å². The Morgan fingerprint density at radius 3 is 2.26 bits per heavy atom. The van der Waals surface area contributed by atoms with E-state index in [0.29, 0.717) is 33.9 Å². The zero-order chi connectivity index (χ0) is 30.9. The highest BCUT2D eigenvalue weighted by Crippen LogP contribution is 2.32. The van der Waals surface area contributed by atoms with Crippen LogP contribution in [-0.2, 0) is 38.8 Å². The first kappa shape index (κ1) is 32.9. The van der Waals surface area contributed by atoms with E-state index in [-0.39, 0.29) is 18.7 Å². The van der Waals surface area contributed by atoms with Crippen LogP contribution in [0, 0.1) is 0 Å². The average Bonchev–Trinajstić information content (AvgIpc) is 2.94. The molecule has 0 aromatic heterocycles. The zero-order valence-corrected chi connectivity index (χ0v) is 24.8. The Kier molecular flexibility index (Phi) is 11.4. The lowest BCUT2D eigenvalue weighted by Gasteiger charge is -2.33. The van der Waals surface area contributed by atoms with Gasteiger partial charge in [0.15, 0.2) is 0 Å². The minimum atomic E-state index is -4.73. The number of halogens is 4. The summed E-state index contributed by atoms with van der Waals surface area (Å²) in [6, 6.07) is 18.4. The van der Waals surface area contributed by atoms with Crippen LogP contribution in [0.25, 0.3) is 0 Å². The molecule has 0 aliphatic heterocycles. The number of sulfonamides is 1. The Hall–Kier alpha value is -3.57. The van der Waals surface area contributed by atoms with Crippen LogP contribution in [-0.4, -0.2) is 50.5 Å². The largest absolute Gasteiger partial charge is 0.416 e. The number of nitrogens with zero attached hydrogens (tertiary/aromatic N) is 2. The molecule has 3 aromatic carbocycles. The minimum absolute atomic E-state index is 0.109. The predicted octanol–water partition coefficient (Wildman–Crippen LogP) is 5.68. The van der Waals surface area contributed by atoms with Gasteiger partial charge in [-0.1, -0.05) is 79.5 Å². The molecule has 1 N–H and O–H groups in total. The minimum Gasteiger partial charge on any atom is -0.354 e. The number of nitrogens with one attached hydrogen (secondary N) is 1. The number of benzene rings is 3. The Morgan fingerprint density at radius 1 is 0.976 bits per heavy atom. The molecule has 0 saturated heterocycles. The summed E-state index contributed by atoms with van der Waals surface area (Å²) in [5, 5.41) is 3.19. The van der Waals surface area contributed by atoms with Crippen LogP contribution in [0.1, 0.15) is 36.5 Å². The lowest BCUT2D eigenvalue weighted by atomic mass is 10.0. The maximum Gasteiger partial charge on any atom is 0.416 e. The SMILES string of the molecule is CCCCNC(=O)[C@H](Cc1ccccc1)N(Cc1ccccc1Cl)C(=O)CN(c1cccc(C(F)(F)F)c1)S(C)(=O)=O. The van der Waals surface area contributed by atoms with E-state index in [1.165, 1.54) is 11.0 Å². The average molecular weight is 624 g/mol. The first-order valence-corrected chi connectivity index (χ1v) is 15.5. The Morgan fingerprint density at radius 2 is 1.64 bits per heavy atom. The third-order valence-corrected chi connectivity index (χ3v) is 8.05. The van der Waals surface area contributed by atoms with Gasteiger partial charge in [-0.2, -0.15) is 13.2 Å². The molecule has 226 valence electrons. The Bertz CT molecular complexity index is 1470. The van der Waals surface area contributed by atoms with Crippen molar-refractivity contribution in [3.8, 4) is 0 Å². The van der Waals surface area contributed by atoms with Gasteiger partial charge in [0.1, 0.15) is 12.6 Å². The van der Waals surface area contributed by atoms with Gasteiger partial charge in [0.05, 0.1) is 17.5 Å². The van der Waals surface area contributed by atoms with Crippen molar-refractivity contribution in [2.45, 2.75) is 44.9 Å². The van der Waals surface area contributed by atoms with Crippen molar-refractivity contribution in [3.05, 3.63) is 101 Å². The molecule has 12 heteroatoms. The first-order chi connectivity index (χ1) is 19.8. The normalized spacial score (nSPS) is 12.4. The number of anilines is 1. The van der Waals surface area contributed by atoms with Gasteiger partial charge >= 0.3 is 6.18 Å². The summed E-state index contributed by atoms with van der Waals surface area (Å²) in [6.07, 6.45) is -2.28. The molecule has 0 saturated carbocycles. The Balaban J connectivity index is 2.07. The fourth-order valence-electron chi connectivity index (χ4n) is 4.32. The zero-order valence-electron chi connectivity index (χ0n) is 23.3. The molecule has 0 aliphatic rings. The summed E-state index contributed by atoms with van der Waals surface area (Å²) in [5.41, 5.74) is -0.128. The summed E-state index contributed by atoms with van der Waals surface area (Å²) in [7, 11) is -4.22. The molecule has 0 unspecified atom stereocenters. The molecular weight excluding hydrogens is 591 g/mol. The fraction of sp³-hybridized carbons (Fsp3) is 0.333. The smallest absolute Gasteiger partial charge is 0.354 e. The van der Waals surface area contributed by atoms with Crippen LogP contribution in [0.3, 0.4) is 0 Å². The summed E-state index contributed by atoms with van der Waals surface area (Å²) in [4.78, 5) is 28.8. The molecule has 0 aliphatic carbocycles. The van der Waals surface area contributed by atoms with E-state index in [1.807, 2.05) is 13.0 Å². The van der Waals surface area contributed by atoms with Crippen molar-refractivity contribution in [2.24, 2.45) is 0 Å². The van der Waals surface area contributed by atoms with Gasteiger partial charge in [-0.15, -0.1) is 0 Å². The van der Waals surface area contributed by atoms with E-state index in [1.54, 1.807) is 48.5 Å². The number of rotatable bonds is 13. The van der Waals surface area contributed by atoms with Crippen molar-refractivity contribution < 1.29 is 31.2 Å². The van der Waals surface area contributed by atoms with E-state index < -0.39 is 46.2 Å². The third-order valence-electron chi connectivity index (χ3n) is 6.54. The summed E-state index contributed by atoms with van der Waals surface area (Å²) in [6.45, 7) is 1.36. The van der Waals surface area contributed by atoms with E-state index in [2.05, 4.69) is 5.32 Å². The summed E-state index contributed by atoms with van der Waals surface area (Å²) >= 11 is 6.40. The van der Waals surface area contributed by atoms with Crippen molar-refractivity contribution in [1.82, 2.24) is 10.2 Å². The van der Waals surface area contributed by atoms with Crippen LogP contribution in [0.4, 0.5) is 18.9 Å². The maximum atomic E-state index is 14.0. The van der Waals surface area contributed by atoms with E-state index in [0.717, 1.165) is 30.4 Å². The molecule has 3 aromatic rings. The van der Waals surface area contributed by atoms with Gasteiger partial charge in [-0.3, -0.25) is 13.9 Å². The van der Waals surface area contributed by atoms with E-state index in [4.69, 9.17) is 11.6 Å². The highest BCUT2D eigenvalue weighted by molar-refractivity contribution is 7.92. The van der Waals surface area contributed by atoms with Crippen LogP contribution in [0.5, 0.6) is 0 Å². The topological polar surface area (TPSA) is 86.8 Å². The van der Waals surface area contributed by atoms with Crippen molar-refractivity contribution in [1.29, 1.82) is 0 Å². The third kappa shape index (κ3) is 9.22. The van der Waals surface area contributed by atoms with E-state index in [9.17, 15) is 31.2 Å². The van der Waals surface area contributed by atoms with Crippen molar-refractivity contribution in [2.75, 3.05) is 23.7 Å². The van der Waals surface area contributed by atoms with Gasteiger partial charge in [0.2, 0.25) is 21.8 Å². The number of hydrogen-bond acceptors (Lipinski definition) is 4. The number of amides is 2. The van der Waals surface area contributed by atoms with Crippen LogP contribution in [0.2, 0.25) is 5.02 Å². The molecule has 0 fully saturated rings. The van der Waals surface area contributed by atoms with Crippen LogP contribution >= 0.6 is 11.6 Å². The highest BCUT2D eigenvalue weighted by Gasteiger charge is 2.35. The van der Waals surface area contributed by atoms with Crippen LogP contribution in [0.15, 0.2) is 78.9 Å². The molecule has 0 bridgehead atoms. The van der Waals surface area contributed by atoms with E-state index >= 15 is 0 Å². The molecule has 42 heavy (non-hydrogen) atoms. The van der Waals surface area contributed by atoms with Gasteiger partial charge in [0.25, 0.3) is 0 Å². The highest BCUT2D eigenvalue weighted by atomic mass is 35.5. The summed E-state index contributed by atoms with van der Waals surface area (Å²) < 4.78 is 66.5. The number of alkyl halides is 3. The number of carbonyl (C=O) groups excluding carboxylic acids is 2. The summed E-state index contributed by atoms with van der Waals surface area (Å²) in [5.74, 6) is -1.23. The quantitative estimate of drug-likeness (QED) is 0.248. The second-order valence-electron chi connectivity index (χ2n) is 9.78. The molecule has 7 nitrogen and oxygen atoms in total. The number of carbonyl (C=O) groups is 2. The monoisotopic (exact) mass is 623 g/mol. The molecule has 1 atom stereocenters. The second-order valence-corrected chi connectivity index (χ2v) is 12.1. The molecule has 0 spiro atoms. The fourth-order valence-corrected chi connectivity index (χ4v) is 5.36. The predicted molar refractivity (Wildman–Crippen MR) is 157 cm³/mol. The number of hydrogen-bond donors (Lipinski definition) is 1. The van der Waals surface area contributed by atoms with Crippen molar-refractivity contribution >= 4 is 39.1 Å². The second kappa shape index (κ2) is 14.6. The van der Waals surface area contributed by atoms with Gasteiger partial charge in [-0.25, -0.2) is 8.42 Å². The maximum absolute atomic E-state index is 14.0. The molecular formula is C30H33ClF3N3O4S. The van der Waals surface area contributed by atoms with Crippen LogP contribution < -0.4 is 9.62 Å². The standard InChI is InChI=1S/C30H33ClF3N3O4S/c1-3-4-17-35-29(39)27(18-22-11-6-5-7-12-22)36(20-23-13-8-9-16-26(23)31)28(38)21-37(42(2,40)41)25-15-10-14-24(19-25)30(32,33)34/h5-16,19,27H,3-4,17-18,20-21H2,1-2H3,(H,35,39)/t27-/m0/s1. The lowest BCUT2D eigenvalue weighted by Crippen LogP contribution is -2.53. The number of unbranched alkanes of at least 4 members (excludes halogenated alkanes) is 1. The molecule has 0 radical (unpaired) electrons. The molecule has 3 rings (SSSR count). The Labute approximate surface area is 249 Å². The van der Waals surface area contributed by atoms with Gasteiger partial charge in [-0.05, 0) is 41.8 Å². The first-order valence-electron chi connectivity index (χ1n) is 13.3. The molecule has 2 amide bonds. The molecule has 0 heterocycles. The van der Waals surface area contributed by atoms with Gasteiger partial charge < -0.3 is 10.2 Å².